The van der Waals surface area contributed by atoms with Crippen LogP contribution in [0.1, 0.15) is 11.1 Å². The monoisotopic (exact) mass is 396 g/mol. The fourth-order valence-corrected chi connectivity index (χ4v) is 3.49. The molecule has 8 heteroatoms. The third-order valence-electron chi connectivity index (χ3n) is 4.16. The predicted molar refractivity (Wildman–Crippen MR) is 90.3 cm³/mol. The zero-order valence-corrected chi connectivity index (χ0v) is 14.3. The first-order valence-corrected chi connectivity index (χ1v) is 8.36. The third-order valence-corrected chi connectivity index (χ3v) is 5.49. The molecule has 1 aromatic heterocycles. The fourth-order valence-electron chi connectivity index (χ4n) is 2.84. The molecule has 7 nitrogen and oxygen atoms in total. The highest BCUT2D eigenvalue weighted by atomic mass is 79.9. The minimum Gasteiger partial charge on any atom is -0.391 e. The summed E-state index contributed by atoms with van der Waals surface area (Å²) >= 11 is 3.28. The number of aliphatic hydroxyl groups is 2. The molecule has 1 aromatic carbocycles. The fraction of sp³-hybridized carbons (Fsp3) is 0.375. The van der Waals surface area contributed by atoms with Crippen LogP contribution in [0.25, 0.3) is 0 Å². The van der Waals surface area contributed by atoms with Gasteiger partial charge in [0.15, 0.2) is 5.72 Å². The number of nitrogens with one attached hydrogen (secondary N) is 1. The summed E-state index contributed by atoms with van der Waals surface area (Å²) < 4.78 is 6.66. The second kappa shape index (κ2) is 6.64. The van der Waals surface area contributed by atoms with Gasteiger partial charge in [0.05, 0.1) is 24.1 Å². The van der Waals surface area contributed by atoms with Crippen molar-refractivity contribution in [3.05, 3.63) is 68.5 Å². The summed E-state index contributed by atoms with van der Waals surface area (Å²) in [6, 6.07) is 9.34. The van der Waals surface area contributed by atoms with E-state index in [0.717, 1.165) is 10.1 Å². The van der Waals surface area contributed by atoms with Crippen LogP contribution in [0.2, 0.25) is 0 Å². The van der Waals surface area contributed by atoms with E-state index in [4.69, 9.17) is 4.74 Å². The summed E-state index contributed by atoms with van der Waals surface area (Å²) in [5.74, 6) is 0. The lowest BCUT2D eigenvalue weighted by Crippen LogP contribution is -2.52. The Bertz CT molecular complexity index is 834. The number of aliphatic hydroxyl groups excluding tert-OH is 2. The molecule has 1 saturated heterocycles. The van der Waals surface area contributed by atoms with Gasteiger partial charge in [-0.15, -0.1) is 0 Å². The zero-order valence-electron chi connectivity index (χ0n) is 12.7. The van der Waals surface area contributed by atoms with Gasteiger partial charge in [-0.2, -0.15) is 0 Å². The SMILES string of the molecule is O=c1[nH]c(=O)n([C@@]2(CO)OC[C@H](O)[C@H]2Br)cc1Cc1ccccc1. The van der Waals surface area contributed by atoms with Crippen LogP contribution in [0.3, 0.4) is 0 Å². The third kappa shape index (κ3) is 2.86. The smallest absolute Gasteiger partial charge is 0.330 e. The first-order chi connectivity index (χ1) is 11.5. The maximum Gasteiger partial charge on any atom is 0.330 e. The lowest BCUT2D eigenvalue weighted by atomic mass is 10.1. The van der Waals surface area contributed by atoms with E-state index in [2.05, 4.69) is 20.9 Å². The van der Waals surface area contributed by atoms with Crippen LogP contribution in [0.4, 0.5) is 0 Å². The first kappa shape index (κ1) is 17.1. The summed E-state index contributed by atoms with van der Waals surface area (Å²) in [5.41, 5.74) is -1.39. The summed E-state index contributed by atoms with van der Waals surface area (Å²) in [5, 5.41) is 19.7. The van der Waals surface area contributed by atoms with Gasteiger partial charge < -0.3 is 14.9 Å². The lowest BCUT2D eigenvalue weighted by molar-refractivity contribution is -0.0986. The maximum atomic E-state index is 12.3. The molecule has 0 amide bonds. The molecule has 3 N–H and O–H groups in total. The summed E-state index contributed by atoms with van der Waals surface area (Å²) in [6.07, 6.45) is 0.831. The van der Waals surface area contributed by atoms with Crippen molar-refractivity contribution in [2.24, 2.45) is 0 Å². The minimum absolute atomic E-state index is 0.0317. The van der Waals surface area contributed by atoms with E-state index >= 15 is 0 Å². The van der Waals surface area contributed by atoms with Gasteiger partial charge in [0, 0.05) is 18.2 Å². The second-order valence-corrected chi connectivity index (χ2v) is 6.72. The topological polar surface area (TPSA) is 105 Å². The normalized spacial score (nSPS) is 26.6. The Balaban J connectivity index is 2.08. The van der Waals surface area contributed by atoms with Crippen molar-refractivity contribution in [3.63, 3.8) is 0 Å². The highest BCUT2D eigenvalue weighted by Gasteiger charge is 2.50. The van der Waals surface area contributed by atoms with E-state index in [9.17, 15) is 19.8 Å². The molecular weight excluding hydrogens is 380 g/mol. The Kier molecular flexibility index (Phi) is 4.73. The van der Waals surface area contributed by atoms with Gasteiger partial charge in [-0.3, -0.25) is 14.3 Å². The van der Waals surface area contributed by atoms with Gasteiger partial charge in [-0.05, 0) is 5.56 Å². The molecule has 1 aliphatic rings. The van der Waals surface area contributed by atoms with Crippen LogP contribution in [0, 0.1) is 0 Å². The molecule has 3 rings (SSSR count). The molecule has 128 valence electrons. The Hall–Kier alpha value is -1.74. The highest BCUT2D eigenvalue weighted by molar-refractivity contribution is 9.09. The largest absolute Gasteiger partial charge is 0.391 e. The Labute approximate surface area is 145 Å². The minimum atomic E-state index is -1.47. The molecule has 1 aliphatic heterocycles. The van der Waals surface area contributed by atoms with Crippen LogP contribution in [-0.2, 0) is 16.9 Å². The van der Waals surface area contributed by atoms with Gasteiger partial charge >= 0.3 is 5.69 Å². The molecular formula is C16H17BrN2O5. The molecule has 2 aromatic rings. The highest BCUT2D eigenvalue weighted by Crippen LogP contribution is 2.35. The van der Waals surface area contributed by atoms with Gasteiger partial charge in [-0.25, -0.2) is 4.79 Å². The number of benzene rings is 1. The van der Waals surface area contributed by atoms with Crippen LogP contribution in [0.5, 0.6) is 0 Å². The zero-order chi connectivity index (χ0) is 17.3. The van der Waals surface area contributed by atoms with E-state index < -0.39 is 34.5 Å². The molecule has 0 spiro atoms. The van der Waals surface area contributed by atoms with Crippen molar-refractivity contribution in [3.8, 4) is 0 Å². The van der Waals surface area contributed by atoms with Crippen LogP contribution >= 0.6 is 15.9 Å². The molecule has 1 fully saturated rings. The first-order valence-electron chi connectivity index (χ1n) is 7.44. The molecule has 2 heterocycles. The predicted octanol–water partition coefficient (Wildman–Crippen LogP) is -0.0729. The number of aromatic nitrogens is 2. The van der Waals surface area contributed by atoms with Crippen LogP contribution < -0.4 is 11.2 Å². The van der Waals surface area contributed by atoms with E-state index in [1.165, 1.54) is 6.20 Å². The average Bonchev–Trinajstić information content (AvgIpc) is 2.87. The summed E-state index contributed by atoms with van der Waals surface area (Å²) in [6.45, 7) is -0.563. The van der Waals surface area contributed by atoms with E-state index in [0.29, 0.717) is 12.0 Å². The van der Waals surface area contributed by atoms with E-state index in [-0.39, 0.29) is 6.61 Å². The Morgan fingerprint density at radius 2 is 2.04 bits per heavy atom. The molecule has 0 unspecified atom stereocenters. The molecule has 0 bridgehead atoms. The van der Waals surface area contributed by atoms with Crippen molar-refractivity contribution >= 4 is 15.9 Å². The lowest BCUT2D eigenvalue weighted by Gasteiger charge is -2.31. The van der Waals surface area contributed by atoms with Crippen molar-refractivity contribution in [2.45, 2.75) is 23.1 Å². The number of H-pyrrole nitrogens is 1. The van der Waals surface area contributed by atoms with Crippen LogP contribution in [-0.4, -0.2) is 43.9 Å². The number of ether oxygens (including phenoxy) is 1. The van der Waals surface area contributed by atoms with E-state index in [1.807, 2.05) is 30.3 Å². The summed E-state index contributed by atoms with van der Waals surface area (Å²) in [7, 11) is 0. The quantitative estimate of drug-likeness (QED) is 0.627. The van der Waals surface area contributed by atoms with Crippen molar-refractivity contribution in [1.82, 2.24) is 9.55 Å². The van der Waals surface area contributed by atoms with Gasteiger partial charge in [0.25, 0.3) is 5.56 Å². The van der Waals surface area contributed by atoms with Gasteiger partial charge in [-0.1, -0.05) is 46.3 Å². The average molecular weight is 397 g/mol. The standard InChI is InChI=1S/C16H17BrN2O5/c17-13-12(21)8-24-16(13,9-20)19-7-11(14(22)18-15(19)23)6-10-4-2-1-3-5-10/h1-5,7,12-13,20-21H,6,8-9H2,(H,18,22,23)/t12-,13+,16-/m0/s1. The van der Waals surface area contributed by atoms with Gasteiger partial charge in [0.1, 0.15) is 0 Å². The molecule has 0 aliphatic carbocycles. The Morgan fingerprint density at radius 1 is 1.33 bits per heavy atom. The van der Waals surface area contributed by atoms with E-state index in [1.54, 1.807) is 0 Å². The summed E-state index contributed by atoms with van der Waals surface area (Å²) in [4.78, 5) is 25.9. The number of aromatic amines is 1. The van der Waals surface area contributed by atoms with Crippen molar-refractivity contribution in [2.75, 3.05) is 13.2 Å². The maximum absolute atomic E-state index is 12.3. The number of alkyl halides is 1. The second-order valence-electron chi connectivity index (χ2n) is 5.73. The molecule has 3 atom stereocenters. The molecule has 24 heavy (non-hydrogen) atoms. The van der Waals surface area contributed by atoms with Crippen molar-refractivity contribution < 1.29 is 14.9 Å². The van der Waals surface area contributed by atoms with Crippen LogP contribution in [0.15, 0.2) is 46.1 Å². The number of rotatable bonds is 4. The van der Waals surface area contributed by atoms with Crippen molar-refractivity contribution in [1.29, 1.82) is 0 Å². The number of halogens is 1. The number of nitrogens with zero attached hydrogens (tertiary/aromatic N) is 1. The number of hydrogen-bond acceptors (Lipinski definition) is 5. The number of hydrogen-bond donors (Lipinski definition) is 3. The molecule has 0 saturated carbocycles. The van der Waals surface area contributed by atoms with Gasteiger partial charge in [0.2, 0.25) is 0 Å². The Morgan fingerprint density at radius 3 is 2.62 bits per heavy atom. The molecule has 0 radical (unpaired) electrons.